The first kappa shape index (κ1) is 25.9. The van der Waals surface area contributed by atoms with Gasteiger partial charge in [0.2, 0.25) is 0 Å². The molecule has 1 N–H and O–H groups in total. The van der Waals surface area contributed by atoms with Crippen molar-refractivity contribution in [3.63, 3.8) is 0 Å². The number of aromatic nitrogens is 1. The van der Waals surface area contributed by atoms with Gasteiger partial charge in [-0.2, -0.15) is 0 Å². The lowest BCUT2D eigenvalue weighted by molar-refractivity contribution is -0.140. The average Bonchev–Trinajstić information content (AvgIpc) is 3.14. The highest BCUT2D eigenvalue weighted by atomic mass is 16.5. The number of Topliss-reactive ketones (excluding diaryl/α,β-unsaturated/α-hetero) is 1. The van der Waals surface area contributed by atoms with Crippen molar-refractivity contribution in [3.8, 4) is 11.5 Å². The number of aliphatic hydroxyl groups excluding tert-OH is 1. The van der Waals surface area contributed by atoms with E-state index in [0.717, 1.165) is 16.7 Å². The molecule has 37 heavy (non-hydrogen) atoms. The second-order valence-corrected chi connectivity index (χ2v) is 9.70. The molecule has 0 saturated carbocycles. The molecular weight excluding hydrogens is 468 g/mol. The van der Waals surface area contributed by atoms with E-state index in [-0.39, 0.29) is 17.9 Å². The Morgan fingerprint density at radius 1 is 1.08 bits per heavy atom. The molecule has 2 aromatic carbocycles. The third-order valence-corrected chi connectivity index (χ3v) is 6.37. The molecule has 1 aliphatic rings. The van der Waals surface area contributed by atoms with Crippen molar-refractivity contribution in [2.45, 2.75) is 40.3 Å². The van der Waals surface area contributed by atoms with Crippen LogP contribution in [0.3, 0.4) is 0 Å². The summed E-state index contributed by atoms with van der Waals surface area (Å²) in [4.78, 5) is 32.4. The van der Waals surface area contributed by atoms with E-state index < -0.39 is 17.7 Å². The van der Waals surface area contributed by atoms with Crippen LogP contribution in [0.2, 0.25) is 0 Å². The number of pyridine rings is 1. The van der Waals surface area contributed by atoms with Crippen LogP contribution in [0.5, 0.6) is 11.5 Å². The molecule has 1 aromatic heterocycles. The number of benzene rings is 2. The minimum Gasteiger partial charge on any atom is -0.507 e. The zero-order valence-electron chi connectivity index (χ0n) is 21.8. The van der Waals surface area contributed by atoms with Crippen molar-refractivity contribution in [2.24, 2.45) is 5.92 Å². The molecule has 1 amide bonds. The normalized spacial score (nSPS) is 16.9. The largest absolute Gasteiger partial charge is 0.507 e. The van der Waals surface area contributed by atoms with Crippen molar-refractivity contribution >= 4 is 17.4 Å². The molecule has 1 atom stereocenters. The number of hydrogen-bond acceptors (Lipinski definition) is 6. The fourth-order valence-electron chi connectivity index (χ4n) is 4.53. The van der Waals surface area contributed by atoms with E-state index >= 15 is 0 Å². The van der Waals surface area contributed by atoms with Gasteiger partial charge in [-0.25, -0.2) is 0 Å². The smallest absolute Gasteiger partial charge is 0.295 e. The molecular formula is C30H32N2O5. The van der Waals surface area contributed by atoms with Crippen LogP contribution in [-0.4, -0.2) is 40.4 Å². The molecule has 192 valence electrons. The highest BCUT2D eigenvalue weighted by molar-refractivity contribution is 6.46. The van der Waals surface area contributed by atoms with Gasteiger partial charge in [0.1, 0.15) is 17.3 Å². The van der Waals surface area contributed by atoms with Crippen LogP contribution in [0.1, 0.15) is 47.7 Å². The number of carbonyl (C=O) groups excluding carboxylic acids is 2. The first-order valence-corrected chi connectivity index (χ1v) is 12.3. The molecule has 1 aliphatic heterocycles. The third kappa shape index (κ3) is 5.35. The topological polar surface area (TPSA) is 89.0 Å². The quantitative estimate of drug-likeness (QED) is 0.254. The number of aryl methyl sites for hydroxylation is 2. The van der Waals surface area contributed by atoms with Gasteiger partial charge in [0, 0.05) is 24.5 Å². The van der Waals surface area contributed by atoms with E-state index in [1.54, 1.807) is 31.6 Å². The number of likely N-dealkylation sites (tertiary alicyclic amines) is 1. The Morgan fingerprint density at radius 2 is 1.86 bits per heavy atom. The monoisotopic (exact) mass is 500 g/mol. The maximum absolute atomic E-state index is 13.4. The molecule has 1 saturated heterocycles. The van der Waals surface area contributed by atoms with Crippen LogP contribution in [0.25, 0.3) is 5.76 Å². The van der Waals surface area contributed by atoms with Gasteiger partial charge in [-0.05, 0) is 72.4 Å². The average molecular weight is 501 g/mol. The predicted octanol–water partition coefficient (Wildman–Crippen LogP) is 5.36. The lowest BCUT2D eigenvalue weighted by atomic mass is 9.93. The molecule has 0 bridgehead atoms. The van der Waals surface area contributed by atoms with Gasteiger partial charge < -0.3 is 19.5 Å². The Balaban J connectivity index is 1.87. The van der Waals surface area contributed by atoms with Gasteiger partial charge in [0.25, 0.3) is 11.7 Å². The first-order valence-electron chi connectivity index (χ1n) is 12.3. The Labute approximate surface area is 217 Å². The lowest BCUT2D eigenvalue weighted by Gasteiger charge is -2.26. The first-order chi connectivity index (χ1) is 17.7. The second kappa shape index (κ2) is 10.9. The number of rotatable bonds is 8. The van der Waals surface area contributed by atoms with Crippen LogP contribution < -0.4 is 9.47 Å². The molecule has 2 heterocycles. The van der Waals surface area contributed by atoms with Crippen molar-refractivity contribution in [3.05, 3.63) is 94.3 Å². The van der Waals surface area contributed by atoms with Crippen LogP contribution in [0.15, 0.2) is 66.5 Å². The summed E-state index contributed by atoms with van der Waals surface area (Å²) < 4.78 is 11.3. The van der Waals surface area contributed by atoms with E-state index in [1.165, 1.54) is 4.90 Å². The van der Waals surface area contributed by atoms with Crippen molar-refractivity contribution in [1.82, 2.24) is 9.88 Å². The van der Waals surface area contributed by atoms with Crippen LogP contribution >= 0.6 is 0 Å². The standard InChI is InChI=1S/C30H32N2O5/c1-18(2)17-37-23-10-6-9-22(14-23)27-26(28(33)24-12-20(4)25(36-5)13-19(24)3)29(34)30(35)32(27)16-21-8-7-11-31-15-21/h6-15,18,27,33H,16-17H2,1-5H3/b28-26+. The van der Waals surface area contributed by atoms with Gasteiger partial charge in [0.05, 0.1) is 25.3 Å². The molecule has 7 nitrogen and oxygen atoms in total. The number of nitrogens with zero attached hydrogens (tertiary/aromatic N) is 2. The van der Waals surface area contributed by atoms with E-state index in [0.29, 0.717) is 35.2 Å². The Bertz CT molecular complexity index is 1350. The Kier molecular flexibility index (Phi) is 7.62. The molecule has 0 radical (unpaired) electrons. The van der Waals surface area contributed by atoms with E-state index in [2.05, 4.69) is 18.8 Å². The lowest BCUT2D eigenvalue weighted by Crippen LogP contribution is -2.29. The molecule has 0 spiro atoms. The zero-order valence-corrected chi connectivity index (χ0v) is 21.8. The fourth-order valence-corrected chi connectivity index (χ4v) is 4.53. The molecule has 0 aliphatic carbocycles. The van der Waals surface area contributed by atoms with Crippen LogP contribution in [0, 0.1) is 19.8 Å². The second-order valence-electron chi connectivity index (χ2n) is 9.70. The number of methoxy groups -OCH3 is 1. The Hall–Kier alpha value is -4.13. The van der Waals surface area contributed by atoms with Gasteiger partial charge in [0.15, 0.2) is 0 Å². The summed E-state index contributed by atoms with van der Waals surface area (Å²) in [5, 5.41) is 11.5. The van der Waals surface area contributed by atoms with Crippen molar-refractivity contribution < 1.29 is 24.2 Å². The minimum atomic E-state index is -0.801. The van der Waals surface area contributed by atoms with E-state index in [4.69, 9.17) is 9.47 Å². The summed E-state index contributed by atoms with van der Waals surface area (Å²) in [7, 11) is 1.58. The SMILES string of the molecule is COc1cc(C)c(/C(O)=C2\C(=O)C(=O)N(Cc3cccnc3)C2c2cccc(OCC(C)C)c2)cc1C. The summed E-state index contributed by atoms with van der Waals surface area (Å²) in [5.74, 6) is 0.0294. The number of carbonyl (C=O) groups is 2. The van der Waals surface area contributed by atoms with Gasteiger partial charge >= 0.3 is 0 Å². The number of aliphatic hydroxyl groups is 1. The summed E-state index contributed by atoms with van der Waals surface area (Å²) >= 11 is 0. The van der Waals surface area contributed by atoms with Gasteiger partial charge in [-0.1, -0.05) is 32.0 Å². The van der Waals surface area contributed by atoms with Crippen LogP contribution in [0.4, 0.5) is 0 Å². The van der Waals surface area contributed by atoms with Crippen LogP contribution in [-0.2, 0) is 16.1 Å². The maximum atomic E-state index is 13.4. The van der Waals surface area contributed by atoms with Crippen molar-refractivity contribution in [2.75, 3.05) is 13.7 Å². The number of hydrogen-bond donors (Lipinski definition) is 1. The van der Waals surface area contributed by atoms with Gasteiger partial charge in [-0.15, -0.1) is 0 Å². The number of ketones is 1. The summed E-state index contributed by atoms with van der Waals surface area (Å²) in [6, 6.07) is 13.8. The predicted molar refractivity (Wildman–Crippen MR) is 141 cm³/mol. The number of ether oxygens (including phenoxy) is 2. The summed E-state index contributed by atoms with van der Waals surface area (Å²) in [6.45, 7) is 8.51. The Morgan fingerprint density at radius 3 is 2.54 bits per heavy atom. The molecule has 1 fully saturated rings. The third-order valence-electron chi connectivity index (χ3n) is 6.37. The molecule has 3 aromatic rings. The summed E-state index contributed by atoms with van der Waals surface area (Å²) in [6.07, 6.45) is 3.31. The fraction of sp³-hybridized carbons (Fsp3) is 0.300. The number of amides is 1. The van der Waals surface area contributed by atoms with Gasteiger partial charge in [-0.3, -0.25) is 14.6 Å². The van der Waals surface area contributed by atoms with Crippen molar-refractivity contribution in [1.29, 1.82) is 0 Å². The van der Waals surface area contributed by atoms with E-state index in [9.17, 15) is 14.7 Å². The summed E-state index contributed by atoms with van der Waals surface area (Å²) in [5.41, 5.74) is 3.51. The minimum absolute atomic E-state index is 0.0440. The molecule has 4 rings (SSSR count). The highest BCUT2D eigenvalue weighted by Gasteiger charge is 2.46. The molecule has 1 unspecified atom stereocenters. The molecule has 7 heteroatoms. The van der Waals surface area contributed by atoms with E-state index in [1.807, 2.05) is 50.2 Å². The highest BCUT2D eigenvalue weighted by Crippen LogP contribution is 2.42. The zero-order chi connectivity index (χ0) is 26.7. The maximum Gasteiger partial charge on any atom is 0.295 e.